The molecule has 3 aromatic rings. The molecular weight excluding hydrogens is 500 g/mol. The van der Waals surface area contributed by atoms with Gasteiger partial charge in [-0.3, -0.25) is 0 Å². The molecule has 0 amide bonds. The van der Waals surface area contributed by atoms with Crippen LogP contribution in [0.3, 0.4) is 0 Å². The molecule has 0 aliphatic rings. The molecule has 0 radical (unpaired) electrons. The third kappa shape index (κ3) is 4.99. The molecule has 3 nitrogen and oxygen atoms in total. The van der Waals surface area contributed by atoms with Crippen LogP contribution in [0.25, 0.3) is 0 Å². The fourth-order valence-corrected chi connectivity index (χ4v) is 10.3. The molecule has 0 unspecified atom stereocenters. The van der Waals surface area contributed by atoms with Crippen LogP contribution in [0.5, 0.6) is 17.2 Å². The Morgan fingerprint density at radius 1 is 0.467 bits per heavy atom. The summed E-state index contributed by atoms with van der Waals surface area (Å²) in [4.78, 5) is 0. The van der Waals surface area contributed by atoms with Gasteiger partial charge in [-0.1, -0.05) is 0 Å². The Morgan fingerprint density at radius 3 is 0.867 bits per heavy atom. The molecule has 0 saturated carbocycles. The van der Waals surface area contributed by atoms with E-state index in [2.05, 4.69) is 0 Å². The Hall–Kier alpha value is -1.62. The number of halogens is 2. The minimum atomic E-state index is -5.72. The van der Waals surface area contributed by atoms with Gasteiger partial charge in [-0.15, -0.1) is 0 Å². The van der Waals surface area contributed by atoms with Crippen LogP contribution < -0.4 is 9.73 Å². The number of hydrogen-bond acceptors (Lipinski definition) is 3. The monoisotopic (exact) mass is 526 g/mol. The van der Waals surface area contributed by atoms with E-state index in [-0.39, 0.29) is 0 Å². The second-order valence-electron chi connectivity index (χ2n) is 7.64. The van der Waals surface area contributed by atoms with E-state index < -0.39 is 14.8 Å². The van der Waals surface area contributed by atoms with Gasteiger partial charge in [-0.2, -0.15) is 0 Å². The maximum absolute atomic E-state index is 7.13. The molecule has 3 aromatic carbocycles. The van der Waals surface area contributed by atoms with E-state index in [9.17, 15) is 0 Å². The molecule has 0 aliphatic heterocycles. The third-order valence-corrected chi connectivity index (χ3v) is 10.8. The van der Waals surface area contributed by atoms with Gasteiger partial charge in [0.2, 0.25) is 0 Å². The average molecular weight is 527 g/mol. The van der Waals surface area contributed by atoms with E-state index in [1.807, 2.05) is 96.1 Å². The van der Waals surface area contributed by atoms with Crippen LogP contribution in [0.1, 0.15) is 33.4 Å². The Balaban J connectivity index is 2.17. The van der Waals surface area contributed by atoms with Gasteiger partial charge in [0.15, 0.2) is 0 Å². The summed E-state index contributed by atoms with van der Waals surface area (Å²) in [5.74, 6) is 1.75. The molecular formula is C24H27Cl2NbO3. The zero-order chi connectivity index (χ0) is 22.1. The van der Waals surface area contributed by atoms with E-state index >= 15 is 0 Å². The predicted octanol–water partition coefficient (Wildman–Crippen LogP) is 7.82. The van der Waals surface area contributed by atoms with Crippen molar-refractivity contribution < 1.29 is 24.6 Å². The second-order valence-corrected chi connectivity index (χ2v) is 20.4. The Kier molecular flexibility index (Phi) is 6.52. The summed E-state index contributed by atoms with van der Waals surface area (Å²) in [6.45, 7) is 11.7. The maximum atomic E-state index is 7.13. The van der Waals surface area contributed by atoms with E-state index in [1.54, 1.807) is 0 Å². The van der Waals surface area contributed by atoms with Crippen molar-refractivity contribution in [3.05, 3.63) is 88.0 Å². The molecule has 0 spiro atoms. The van der Waals surface area contributed by atoms with Crippen molar-refractivity contribution in [1.82, 2.24) is 0 Å². The molecule has 3 rings (SSSR count). The number of hydrogen-bond donors (Lipinski definition) is 0. The molecule has 30 heavy (non-hydrogen) atoms. The van der Waals surface area contributed by atoms with Crippen molar-refractivity contribution in [2.75, 3.05) is 0 Å². The number of benzene rings is 3. The molecule has 0 aromatic heterocycles. The van der Waals surface area contributed by atoms with E-state index in [0.717, 1.165) is 33.4 Å². The van der Waals surface area contributed by atoms with Gasteiger partial charge in [0.1, 0.15) is 0 Å². The molecule has 0 N–H and O–H groups in total. The predicted molar refractivity (Wildman–Crippen MR) is 121 cm³/mol. The fraction of sp³-hybridized carbons (Fsp3) is 0.250. The third-order valence-electron chi connectivity index (χ3n) is 4.93. The zero-order valence-corrected chi connectivity index (χ0v) is 21.8. The average Bonchev–Trinajstić information content (AvgIpc) is 2.66. The van der Waals surface area contributed by atoms with E-state index in [1.165, 1.54) is 0 Å². The Bertz CT molecular complexity index is 898. The molecule has 0 bridgehead atoms. The van der Waals surface area contributed by atoms with Gasteiger partial charge in [0.25, 0.3) is 0 Å². The van der Waals surface area contributed by atoms with Crippen LogP contribution in [-0.4, -0.2) is 0 Å². The first kappa shape index (κ1) is 23.1. The van der Waals surface area contributed by atoms with Crippen LogP contribution in [0, 0.1) is 41.5 Å². The van der Waals surface area contributed by atoms with Gasteiger partial charge < -0.3 is 0 Å². The first-order valence-electron chi connectivity index (χ1n) is 9.73. The fourth-order valence-electron chi connectivity index (χ4n) is 3.32. The molecule has 0 atom stereocenters. The SMILES string of the molecule is Cc1cccc(C)c1[O][Nb]([Cl])([Cl])([O]c1c(C)cccc1C)[O]c1c(C)cccc1C. The van der Waals surface area contributed by atoms with E-state index in [0.29, 0.717) is 17.2 Å². The number of rotatable bonds is 6. The van der Waals surface area contributed by atoms with Crippen molar-refractivity contribution in [3.63, 3.8) is 0 Å². The molecule has 0 aliphatic carbocycles. The van der Waals surface area contributed by atoms with Crippen LogP contribution in [-0.2, 0) is 14.8 Å². The van der Waals surface area contributed by atoms with Gasteiger partial charge in [0, 0.05) is 0 Å². The van der Waals surface area contributed by atoms with E-state index in [4.69, 9.17) is 28.1 Å². The van der Waals surface area contributed by atoms with Crippen LogP contribution in [0.15, 0.2) is 54.6 Å². The van der Waals surface area contributed by atoms with Crippen LogP contribution >= 0.6 is 18.4 Å². The molecule has 160 valence electrons. The number of aryl methyl sites for hydroxylation is 6. The van der Waals surface area contributed by atoms with Crippen molar-refractivity contribution >= 4 is 18.4 Å². The normalized spacial score (nSPS) is 12.7. The standard InChI is InChI=1S/3C8H10O.2ClH.Nb/c3*1-6-4-3-5-7(2)8(6)9;;;/h3*3-5,9H,1-2H3;2*1H;/q;;;;;+5/p-5. The first-order chi connectivity index (χ1) is 14.0. The van der Waals surface area contributed by atoms with Gasteiger partial charge in [-0.25, -0.2) is 0 Å². The van der Waals surface area contributed by atoms with Gasteiger partial charge in [0.05, 0.1) is 0 Å². The molecule has 6 heteroatoms. The first-order valence-corrected chi connectivity index (χ1v) is 18.1. The summed E-state index contributed by atoms with van der Waals surface area (Å²) in [7, 11) is 14.3. The summed E-state index contributed by atoms with van der Waals surface area (Å²) in [6.07, 6.45) is 0. The number of para-hydroxylation sites is 3. The Labute approximate surface area is 189 Å². The second kappa shape index (κ2) is 8.49. The summed E-state index contributed by atoms with van der Waals surface area (Å²) < 4.78 is 19.1. The van der Waals surface area contributed by atoms with Crippen molar-refractivity contribution in [1.29, 1.82) is 0 Å². The van der Waals surface area contributed by atoms with Crippen molar-refractivity contribution in [2.45, 2.75) is 41.5 Å². The summed E-state index contributed by atoms with van der Waals surface area (Å²) in [6, 6.07) is 17.6. The molecule has 0 fully saturated rings. The topological polar surface area (TPSA) is 27.7 Å². The summed E-state index contributed by atoms with van der Waals surface area (Å²) >= 11 is -5.72. The minimum absolute atomic E-state index is 0.585. The van der Waals surface area contributed by atoms with Crippen molar-refractivity contribution in [2.24, 2.45) is 0 Å². The van der Waals surface area contributed by atoms with Gasteiger partial charge in [-0.05, 0) is 0 Å². The Morgan fingerprint density at radius 2 is 0.667 bits per heavy atom. The van der Waals surface area contributed by atoms with Crippen LogP contribution in [0.2, 0.25) is 0 Å². The van der Waals surface area contributed by atoms with Crippen molar-refractivity contribution in [3.8, 4) is 17.2 Å². The van der Waals surface area contributed by atoms with Crippen LogP contribution in [0.4, 0.5) is 0 Å². The zero-order valence-electron chi connectivity index (χ0n) is 18.1. The molecule has 0 saturated heterocycles. The summed E-state index contributed by atoms with van der Waals surface area (Å²) in [5, 5.41) is 0. The van der Waals surface area contributed by atoms with Gasteiger partial charge >= 0.3 is 190 Å². The quantitative estimate of drug-likeness (QED) is 0.306. The summed E-state index contributed by atoms with van der Waals surface area (Å²) in [5.41, 5.74) is 5.44. The molecule has 0 heterocycles.